The minimum Gasteiger partial charge on any atom is -0.442 e. The highest BCUT2D eigenvalue weighted by Crippen LogP contribution is 2.26. The number of fused-ring (bicyclic) bond motifs is 1. The molecule has 0 saturated heterocycles. The maximum Gasteiger partial charge on any atom is 0.265 e. The first-order chi connectivity index (χ1) is 11.5. The van der Waals surface area contributed by atoms with Gasteiger partial charge in [0.15, 0.2) is 0 Å². The van der Waals surface area contributed by atoms with Crippen molar-refractivity contribution < 1.29 is 9.21 Å². The molecule has 3 aromatic rings. The van der Waals surface area contributed by atoms with Crippen LogP contribution in [0.1, 0.15) is 46.8 Å². The zero-order valence-electron chi connectivity index (χ0n) is 13.8. The van der Waals surface area contributed by atoms with Gasteiger partial charge in [-0.15, -0.1) is 11.3 Å². The topological polar surface area (TPSA) is 77.1 Å². The number of carbonyl (C=O) groups is 1. The number of aromatic nitrogens is 2. The molecule has 0 radical (unpaired) electrons. The molecule has 0 aliphatic heterocycles. The molecule has 1 atom stereocenters. The smallest absolute Gasteiger partial charge is 0.265 e. The number of carbonyl (C=O) groups excluding carboxylic acids is 1. The van der Waals surface area contributed by atoms with E-state index in [0.717, 1.165) is 17.7 Å². The van der Waals surface area contributed by atoms with Crippen LogP contribution in [-0.2, 0) is 7.05 Å². The van der Waals surface area contributed by atoms with Crippen molar-refractivity contribution in [1.29, 1.82) is 0 Å². The molecule has 7 heteroatoms. The van der Waals surface area contributed by atoms with E-state index in [0.29, 0.717) is 5.76 Å². The molecule has 0 bridgehead atoms. The van der Waals surface area contributed by atoms with E-state index >= 15 is 0 Å². The number of rotatable bonds is 5. The summed E-state index contributed by atoms with van der Waals surface area (Å²) in [5.74, 6) is 0.0999. The van der Waals surface area contributed by atoms with Gasteiger partial charge in [-0.3, -0.25) is 9.59 Å². The Labute approximate surface area is 143 Å². The van der Waals surface area contributed by atoms with E-state index in [1.807, 2.05) is 17.5 Å². The molecule has 3 rings (SSSR count). The van der Waals surface area contributed by atoms with Crippen LogP contribution < -0.4 is 10.9 Å². The monoisotopic (exact) mass is 345 g/mol. The molecule has 0 saturated carbocycles. The molecule has 1 amide bonds. The van der Waals surface area contributed by atoms with Gasteiger partial charge in [-0.1, -0.05) is 19.4 Å². The van der Waals surface area contributed by atoms with Crippen LogP contribution in [0.15, 0.2) is 33.1 Å². The predicted molar refractivity (Wildman–Crippen MR) is 93.4 cm³/mol. The third kappa shape index (κ3) is 2.87. The largest absolute Gasteiger partial charge is 0.442 e. The van der Waals surface area contributed by atoms with Gasteiger partial charge in [-0.05, 0) is 24.8 Å². The normalized spacial score (nSPS) is 12.5. The molecule has 3 heterocycles. The summed E-state index contributed by atoms with van der Waals surface area (Å²) in [4.78, 5) is 30.4. The lowest BCUT2D eigenvalue weighted by Gasteiger charge is -2.16. The number of hydrogen-bond acceptors (Lipinski definition) is 5. The Morgan fingerprint density at radius 2 is 2.29 bits per heavy atom. The van der Waals surface area contributed by atoms with Gasteiger partial charge in [0.25, 0.3) is 11.5 Å². The Morgan fingerprint density at radius 3 is 2.96 bits per heavy atom. The molecule has 3 aromatic heterocycles. The molecular weight excluding hydrogens is 326 g/mol. The highest BCUT2D eigenvalue weighted by atomic mass is 32.1. The maximum atomic E-state index is 12.8. The number of aryl methyl sites for hydroxylation is 2. The first-order valence-electron chi connectivity index (χ1n) is 7.82. The van der Waals surface area contributed by atoms with Crippen LogP contribution in [0.5, 0.6) is 0 Å². The molecule has 24 heavy (non-hydrogen) atoms. The van der Waals surface area contributed by atoms with Gasteiger partial charge in [0.2, 0.25) is 5.71 Å². The molecule has 0 aliphatic carbocycles. The molecule has 0 aliphatic rings. The van der Waals surface area contributed by atoms with E-state index in [9.17, 15) is 9.59 Å². The summed E-state index contributed by atoms with van der Waals surface area (Å²) < 4.78 is 6.85. The summed E-state index contributed by atoms with van der Waals surface area (Å²) >= 11 is 1.61. The summed E-state index contributed by atoms with van der Waals surface area (Å²) in [5.41, 5.74) is 0.186. The zero-order valence-corrected chi connectivity index (χ0v) is 14.6. The molecule has 0 aromatic carbocycles. The number of nitrogens with one attached hydrogen (secondary N) is 1. The van der Waals surface area contributed by atoms with Gasteiger partial charge in [-0.2, -0.15) is 0 Å². The first kappa shape index (κ1) is 16.4. The molecule has 126 valence electrons. The standard InChI is InChI=1S/C17H19N3O3S/c1-4-6-11(12-7-5-8-24-12)19-15(21)13-10(2)23-16-14(13)17(22)20(3)9-18-16/h5,7-9,11H,4,6H2,1-3H3,(H,19,21)/t11-/m1/s1. The van der Waals surface area contributed by atoms with Gasteiger partial charge in [0, 0.05) is 11.9 Å². The van der Waals surface area contributed by atoms with E-state index in [4.69, 9.17) is 4.42 Å². The van der Waals surface area contributed by atoms with Crippen LogP contribution in [0.3, 0.4) is 0 Å². The quantitative estimate of drug-likeness (QED) is 0.770. The average molecular weight is 345 g/mol. The summed E-state index contributed by atoms with van der Waals surface area (Å²) in [6.45, 7) is 3.75. The number of thiophene rings is 1. The van der Waals surface area contributed by atoms with Crippen LogP contribution in [0, 0.1) is 6.92 Å². The van der Waals surface area contributed by atoms with Gasteiger partial charge < -0.3 is 14.3 Å². The van der Waals surface area contributed by atoms with Crippen molar-refractivity contribution in [2.24, 2.45) is 7.05 Å². The minimum absolute atomic E-state index is 0.0765. The fourth-order valence-corrected chi connectivity index (χ4v) is 3.57. The van der Waals surface area contributed by atoms with Crippen molar-refractivity contribution in [3.8, 4) is 0 Å². The maximum absolute atomic E-state index is 12.8. The summed E-state index contributed by atoms with van der Waals surface area (Å²) in [6.07, 6.45) is 3.16. The van der Waals surface area contributed by atoms with Gasteiger partial charge >= 0.3 is 0 Å². The van der Waals surface area contributed by atoms with E-state index in [1.54, 1.807) is 25.3 Å². The fraction of sp³-hybridized carbons (Fsp3) is 0.353. The molecule has 0 unspecified atom stereocenters. The van der Waals surface area contributed by atoms with Gasteiger partial charge in [0.05, 0.1) is 11.6 Å². The average Bonchev–Trinajstić information content (AvgIpc) is 3.18. The van der Waals surface area contributed by atoms with Crippen LogP contribution in [-0.4, -0.2) is 15.5 Å². The molecule has 6 nitrogen and oxygen atoms in total. The Hall–Kier alpha value is -2.41. The SMILES string of the molecule is CCC[C@@H](NC(=O)c1c(C)oc2ncn(C)c(=O)c12)c1cccs1. The zero-order chi connectivity index (χ0) is 17.3. The summed E-state index contributed by atoms with van der Waals surface area (Å²) in [7, 11) is 1.60. The van der Waals surface area contributed by atoms with Gasteiger partial charge in [0.1, 0.15) is 17.5 Å². The van der Waals surface area contributed by atoms with E-state index in [1.165, 1.54) is 10.9 Å². The van der Waals surface area contributed by atoms with E-state index in [-0.39, 0.29) is 34.2 Å². The Morgan fingerprint density at radius 1 is 1.50 bits per heavy atom. The second-order valence-electron chi connectivity index (χ2n) is 5.70. The summed E-state index contributed by atoms with van der Waals surface area (Å²) in [5, 5.41) is 5.26. The lowest BCUT2D eigenvalue weighted by Crippen LogP contribution is -2.29. The third-order valence-corrected chi connectivity index (χ3v) is 4.93. The molecule has 0 fully saturated rings. The highest BCUT2D eigenvalue weighted by molar-refractivity contribution is 7.10. The number of nitrogens with zero attached hydrogens (tertiary/aromatic N) is 2. The third-order valence-electron chi connectivity index (χ3n) is 3.94. The fourth-order valence-electron chi connectivity index (χ4n) is 2.75. The summed E-state index contributed by atoms with van der Waals surface area (Å²) in [6, 6.07) is 3.89. The first-order valence-corrected chi connectivity index (χ1v) is 8.69. The number of amides is 1. The van der Waals surface area contributed by atoms with Crippen molar-refractivity contribution in [2.45, 2.75) is 32.7 Å². The Bertz CT molecular complexity index is 925. The molecular formula is C17H19N3O3S. The lowest BCUT2D eigenvalue weighted by molar-refractivity contribution is 0.0935. The van der Waals surface area contributed by atoms with Crippen LogP contribution in [0.4, 0.5) is 0 Å². The second-order valence-corrected chi connectivity index (χ2v) is 6.68. The van der Waals surface area contributed by atoms with Crippen LogP contribution in [0.25, 0.3) is 11.1 Å². The van der Waals surface area contributed by atoms with Crippen molar-refractivity contribution in [3.63, 3.8) is 0 Å². The Balaban J connectivity index is 2.01. The van der Waals surface area contributed by atoms with E-state index < -0.39 is 0 Å². The van der Waals surface area contributed by atoms with Crippen molar-refractivity contribution in [3.05, 3.63) is 50.4 Å². The van der Waals surface area contributed by atoms with Crippen LogP contribution >= 0.6 is 11.3 Å². The molecule has 1 N–H and O–H groups in total. The predicted octanol–water partition coefficient (Wildman–Crippen LogP) is 3.17. The molecule has 0 spiro atoms. The van der Waals surface area contributed by atoms with Gasteiger partial charge in [-0.25, -0.2) is 4.98 Å². The van der Waals surface area contributed by atoms with Crippen molar-refractivity contribution in [2.75, 3.05) is 0 Å². The van der Waals surface area contributed by atoms with E-state index in [2.05, 4.69) is 17.2 Å². The Kier molecular flexibility index (Phi) is 4.53. The number of furan rings is 1. The second kappa shape index (κ2) is 6.60. The van der Waals surface area contributed by atoms with Crippen LogP contribution in [0.2, 0.25) is 0 Å². The number of hydrogen-bond donors (Lipinski definition) is 1. The highest BCUT2D eigenvalue weighted by Gasteiger charge is 2.24. The van der Waals surface area contributed by atoms with Crippen molar-refractivity contribution >= 4 is 28.3 Å². The lowest BCUT2D eigenvalue weighted by atomic mass is 10.1. The van der Waals surface area contributed by atoms with Crippen molar-refractivity contribution in [1.82, 2.24) is 14.9 Å². The minimum atomic E-state index is -0.303.